The highest BCUT2D eigenvalue weighted by atomic mass is 19.2. The molecule has 3 amide bonds. The van der Waals surface area contributed by atoms with Crippen LogP contribution in [0.1, 0.15) is 18.1 Å². The van der Waals surface area contributed by atoms with Crippen LogP contribution in [0.2, 0.25) is 0 Å². The van der Waals surface area contributed by atoms with Gasteiger partial charge in [0, 0.05) is 19.6 Å². The average molecular weight is 373 g/mol. The highest BCUT2D eigenvalue weighted by molar-refractivity contribution is 5.94. The lowest BCUT2D eigenvalue weighted by Gasteiger charge is -2.39. The second-order valence-electron chi connectivity index (χ2n) is 6.65. The number of rotatable bonds is 3. The molecular formula is C20H21F2N3O2. The number of nitrogens with one attached hydrogen (secondary N) is 1. The van der Waals surface area contributed by atoms with Gasteiger partial charge in [0.15, 0.2) is 11.6 Å². The maximum Gasteiger partial charge on any atom is 0.322 e. The summed E-state index contributed by atoms with van der Waals surface area (Å²) in [7, 11) is 0. The summed E-state index contributed by atoms with van der Waals surface area (Å²) in [6.07, 6.45) is 0. The summed E-state index contributed by atoms with van der Waals surface area (Å²) in [6.45, 7) is 4.77. The Bertz CT molecular complexity index is 872. The fraction of sp³-hybridized carbons (Fsp3) is 0.300. The fourth-order valence-electron chi connectivity index (χ4n) is 3.18. The van der Waals surface area contributed by atoms with Gasteiger partial charge < -0.3 is 15.1 Å². The minimum absolute atomic E-state index is 0.183. The van der Waals surface area contributed by atoms with Crippen molar-refractivity contribution in [3.63, 3.8) is 0 Å². The van der Waals surface area contributed by atoms with E-state index in [-0.39, 0.29) is 11.6 Å². The smallest absolute Gasteiger partial charge is 0.322 e. The molecule has 1 aliphatic rings. The minimum atomic E-state index is -1.12. The zero-order valence-electron chi connectivity index (χ0n) is 15.2. The van der Waals surface area contributed by atoms with Crippen molar-refractivity contribution in [3.8, 4) is 0 Å². The van der Waals surface area contributed by atoms with E-state index in [0.29, 0.717) is 19.6 Å². The van der Waals surface area contributed by atoms with E-state index in [0.717, 1.165) is 17.2 Å². The van der Waals surface area contributed by atoms with Crippen molar-refractivity contribution in [1.29, 1.82) is 0 Å². The number of amides is 3. The maximum atomic E-state index is 13.8. The number of piperazine rings is 1. The van der Waals surface area contributed by atoms with Gasteiger partial charge in [0.05, 0.1) is 5.69 Å². The molecule has 1 aliphatic heterocycles. The molecule has 3 rings (SSSR count). The van der Waals surface area contributed by atoms with Gasteiger partial charge in [-0.25, -0.2) is 13.6 Å². The minimum Gasteiger partial charge on any atom is -0.335 e. The summed E-state index contributed by atoms with van der Waals surface area (Å²) < 4.78 is 27.1. The normalized spacial score (nSPS) is 17.2. The third kappa shape index (κ3) is 4.07. The number of hydrogen-bond donors (Lipinski definition) is 1. The Hall–Kier alpha value is -2.96. The van der Waals surface area contributed by atoms with Gasteiger partial charge >= 0.3 is 6.03 Å². The van der Waals surface area contributed by atoms with Crippen molar-refractivity contribution >= 4 is 17.6 Å². The monoisotopic (exact) mass is 373 g/mol. The van der Waals surface area contributed by atoms with Crippen LogP contribution in [0, 0.1) is 18.6 Å². The Balaban J connectivity index is 1.67. The Morgan fingerprint density at radius 1 is 1.19 bits per heavy atom. The van der Waals surface area contributed by atoms with Gasteiger partial charge in [-0.1, -0.05) is 35.9 Å². The molecule has 0 saturated carbocycles. The number of nitrogens with zero attached hydrogens (tertiary/aromatic N) is 2. The molecule has 0 aromatic heterocycles. The Kier molecular flexibility index (Phi) is 5.39. The van der Waals surface area contributed by atoms with Gasteiger partial charge in [-0.05, 0) is 31.5 Å². The molecule has 1 heterocycles. The van der Waals surface area contributed by atoms with E-state index in [1.54, 1.807) is 11.8 Å². The second-order valence-corrected chi connectivity index (χ2v) is 6.65. The predicted molar refractivity (Wildman–Crippen MR) is 98.1 cm³/mol. The summed E-state index contributed by atoms with van der Waals surface area (Å²) in [6, 6.07) is 10.1. The van der Waals surface area contributed by atoms with Gasteiger partial charge in [0.2, 0.25) is 5.91 Å². The number of halogens is 2. The van der Waals surface area contributed by atoms with Crippen molar-refractivity contribution in [2.24, 2.45) is 0 Å². The van der Waals surface area contributed by atoms with E-state index < -0.39 is 23.7 Å². The first kappa shape index (κ1) is 18.8. The van der Waals surface area contributed by atoms with Crippen LogP contribution in [-0.4, -0.2) is 40.9 Å². The molecule has 142 valence electrons. The van der Waals surface area contributed by atoms with Crippen LogP contribution < -0.4 is 5.32 Å². The Morgan fingerprint density at radius 3 is 2.67 bits per heavy atom. The third-order valence-electron chi connectivity index (χ3n) is 4.66. The van der Waals surface area contributed by atoms with E-state index in [1.807, 2.05) is 31.2 Å². The Morgan fingerprint density at radius 2 is 1.93 bits per heavy atom. The van der Waals surface area contributed by atoms with Crippen LogP contribution >= 0.6 is 0 Å². The van der Waals surface area contributed by atoms with Crippen LogP contribution in [-0.2, 0) is 11.3 Å². The first-order valence-corrected chi connectivity index (χ1v) is 8.73. The highest BCUT2D eigenvalue weighted by Gasteiger charge is 2.34. The zero-order valence-corrected chi connectivity index (χ0v) is 15.2. The van der Waals surface area contributed by atoms with Gasteiger partial charge in [0.25, 0.3) is 0 Å². The first-order chi connectivity index (χ1) is 12.9. The van der Waals surface area contributed by atoms with Crippen molar-refractivity contribution in [2.45, 2.75) is 26.4 Å². The van der Waals surface area contributed by atoms with Crippen LogP contribution in [0.3, 0.4) is 0 Å². The number of benzene rings is 2. The van der Waals surface area contributed by atoms with Crippen molar-refractivity contribution in [2.75, 3.05) is 18.4 Å². The molecule has 1 atom stereocenters. The van der Waals surface area contributed by atoms with E-state index >= 15 is 0 Å². The molecular weight excluding hydrogens is 352 g/mol. The number of urea groups is 1. The topological polar surface area (TPSA) is 52.6 Å². The highest BCUT2D eigenvalue weighted by Crippen LogP contribution is 2.20. The predicted octanol–water partition coefficient (Wildman–Crippen LogP) is 3.54. The molecule has 7 heteroatoms. The molecule has 2 aromatic carbocycles. The molecule has 2 aromatic rings. The van der Waals surface area contributed by atoms with Gasteiger partial charge in [-0.15, -0.1) is 0 Å². The Labute approximate surface area is 156 Å². The van der Waals surface area contributed by atoms with E-state index in [2.05, 4.69) is 5.32 Å². The van der Waals surface area contributed by atoms with Crippen LogP contribution in [0.15, 0.2) is 42.5 Å². The summed E-state index contributed by atoms with van der Waals surface area (Å²) in [4.78, 5) is 28.2. The van der Waals surface area contributed by atoms with E-state index in [9.17, 15) is 18.4 Å². The van der Waals surface area contributed by atoms with Crippen LogP contribution in [0.4, 0.5) is 19.3 Å². The lowest BCUT2D eigenvalue weighted by atomic mass is 10.1. The quantitative estimate of drug-likeness (QED) is 0.895. The van der Waals surface area contributed by atoms with E-state index in [1.165, 1.54) is 17.0 Å². The van der Waals surface area contributed by atoms with Gasteiger partial charge in [-0.3, -0.25) is 4.79 Å². The SMILES string of the molecule is Cc1cccc(CN2CCN(C(=O)Nc3cccc(F)c3F)[C@H](C)C2=O)c1. The number of anilines is 1. The fourth-order valence-corrected chi connectivity index (χ4v) is 3.18. The number of hydrogen-bond acceptors (Lipinski definition) is 2. The van der Waals surface area contributed by atoms with Crippen molar-refractivity contribution < 1.29 is 18.4 Å². The maximum absolute atomic E-state index is 13.8. The van der Waals surface area contributed by atoms with Crippen LogP contribution in [0.5, 0.6) is 0 Å². The number of carbonyl (C=O) groups is 2. The molecule has 0 aliphatic carbocycles. The first-order valence-electron chi connectivity index (χ1n) is 8.73. The standard InChI is InChI=1S/C20H21F2N3O2/c1-13-5-3-6-15(11-13)12-24-9-10-25(14(2)19(24)26)20(27)23-17-8-4-7-16(21)18(17)22/h3-8,11,14H,9-10,12H2,1-2H3,(H,23,27)/t14-/m1/s1. The zero-order chi connectivity index (χ0) is 19.6. The third-order valence-corrected chi connectivity index (χ3v) is 4.66. The summed E-state index contributed by atoms with van der Waals surface area (Å²) in [5.41, 5.74) is 1.89. The average Bonchev–Trinajstić information content (AvgIpc) is 2.63. The summed E-state index contributed by atoms with van der Waals surface area (Å²) >= 11 is 0. The van der Waals surface area contributed by atoms with Crippen molar-refractivity contribution in [3.05, 3.63) is 65.2 Å². The molecule has 0 unspecified atom stereocenters. The molecule has 1 N–H and O–H groups in total. The number of carbonyl (C=O) groups excluding carboxylic acids is 2. The molecule has 1 fully saturated rings. The largest absolute Gasteiger partial charge is 0.335 e. The summed E-state index contributed by atoms with van der Waals surface area (Å²) in [5.74, 6) is -2.35. The summed E-state index contributed by atoms with van der Waals surface area (Å²) in [5, 5.41) is 2.34. The molecule has 5 nitrogen and oxygen atoms in total. The van der Waals surface area contributed by atoms with Crippen LogP contribution in [0.25, 0.3) is 0 Å². The lowest BCUT2D eigenvalue weighted by molar-refractivity contribution is -0.139. The molecule has 0 spiro atoms. The molecule has 0 bridgehead atoms. The van der Waals surface area contributed by atoms with Gasteiger partial charge in [-0.2, -0.15) is 0 Å². The lowest BCUT2D eigenvalue weighted by Crippen LogP contribution is -2.58. The molecule has 1 saturated heterocycles. The van der Waals surface area contributed by atoms with Gasteiger partial charge in [0.1, 0.15) is 6.04 Å². The number of aryl methyl sites for hydroxylation is 1. The molecule has 27 heavy (non-hydrogen) atoms. The second kappa shape index (κ2) is 7.73. The molecule has 0 radical (unpaired) electrons. The van der Waals surface area contributed by atoms with E-state index in [4.69, 9.17) is 0 Å². The van der Waals surface area contributed by atoms with Crippen molar-refractivity contribution in [1.82, 2.24) is 9.80 Å².